The van der Waals surface area contributed by atoms with E-state index >= 15 is 0 Å². The largest absolute Gasteiger partial charge is 0.271 e. The van der Waals surface area contributed by atoms with Gasteiger partial charge >= 0.3 is 0 Å². The van der Waals surface area contributed by atoms with Gasteiger partial charge in [0.1, 0.15) is 12.2 Å². The van der Waals surface area contributed by atoms with Crippen molar-refractivity contribution in [3.05, 3.63) is 12.2 Å². The Morgan fingerprint density at radius 1 is 1.44 bits per heavy atom. The van der Waals surface area contributed by atoms with Gasteiger partial charge in [0, 0.05) is 19.5 Å². The molecule has 1 saturated carbocycles. The van der Waals surface area contributed by atoms with Crippen molar-refractivity contribution in [2.75, 3.05) is 0 Å². The molecule has 0 amide bonds. The standard InChI is InChI=1S/C13H25N5/c1-3-10-4-6-11(7-5-10)12(17-14)8-13-15-9-16-18(13)2/h9-12,17H,3-8,14H2,1-2H3. The van der Waals surface area contributed by atoms with Crippen LogP contribution in [0.25, 0.3) is 0 Å². The first-order chi connectivity index (χ1) is 8.74. The lowest BCUT2D eigenvalue weighted by Gasteiger charge is -2.33. The summed E-state index contributed by atoms with van der Waals surface area (Å²) in [7, 11) is 1.93. The number of rotatable bonds is 5. The number of aryl methyl sites for hydroxylation is 1. The minimum atomic E-state index is 0.325. The number of aromatic nitrogens is 3. The minimum Gasteiger partial charge on any atom is -0.271 e. The van der Waals surface area contributed by atoms with Crippen molar-refractivity contribution < 1.29 is 0 Å². The van der Waals surface area contributed by atoms with Crippen LogP contribution < -0.4 is 11.3 Å². The molecule has 0 aliphatic heterocycles. The maximum Gasteiger partial charge on any atom is 0.138 e. The average Bonchev–Trinajstić information content (AvgIpc) is 2.81. The molecule has 0 bridgehead atoms. The molecular weight excluding hydrogens is 226 g/mol. The molecular formula is C13H25N5. The fourth-order valence-electron chi connectivity index (χ4n) is 3.06. The number of nitrogens with one attached hydrogen (secondary N) is 1. The van der Waals surface area contributed by atoms with Crippen LogP contribution in [0, 0.1) is 11.8 Å². The number of nitrogens with two attached hydrogens (primary N) is 1. The zero-order chi connectivity index (χ0) is 13.0. The van der Waals surface area contributed by atoms with Crippen LogP contribution in [0.5, 0.6) is 0 Å². The van der Waals surface area contributed by atoms with E-state index in [1.54, 1.807) is 6.33 Å². The zero-order valence-corrected chi connectivity index (χ0v) is 11.5. The number of hydrogen-bond donors (Lipinski definition) is 2. The van der Waals surface area contributed by atoms with Crippen LogP contribution in [0.3, 0.4) is 0 Å². The Balaban J connectivity index is 1.91. The van der Waals surface area contributed by atoms with Crippen molar-refractivity contribution in [2.24, 2.45) is 24.7 Å². The van der Waals surface area contributed by atoms with E-state index in [1.165, 1.54) is 32.1 Å². The maximum atomic E-state index is 5.73. The van der Waals surface area contributed by atoms with Crippen LogP contribution in [0.4, 0.5) is 0 Å². The summed E-state index contributed by atoms with van der Waals surface area (Å²) >= 11 is 0. The molecule has 3 N–H and O–H groups in total. The summed E-state index contributed by atoms with van der Waals surface area (Å²) in [6, 6.07) is 0.325. The van der Waals surface area contributed by atoms with Crippen LogP contribution in [0.1, 0.15) is 44.9 Å². The molecule has 1 aromatic rings. The number of nitrogens with zero attached hydrogens (tertiary/aromatic N) is 3. The van der Waals surface area contributed by atoms with Crippen LogP contribution >= 0.6 is 0 Å². The fraction of sp³-hybridized carbons (Fsp3) is 0.846. The van der Waals surface area contributed by atoms with Crippen LogP contribution in [-0.2, 0) is 13.5 Å². The van der Waals surface area contributed by atoms with Gasteiger partial charge in [0.25, 0.3) is 0 Å². The van der Waals surface area contributed by atoms with E-state index in [4.69, 9.17) is 5.84 Å². The maximum absolute atomic E-state index is 5.73. The first kappa shape index (κ1) is 13.5. The molecule has 18 heavy (non-hydrogen) atoms. The fourth-order valence-corrected chi connectivity index (χ4v) is 3.06. The third-order valence-corrected chi connectivity index (χ3v) is 4.46. The lowest BCUT2D eigenvalue weighted by Crippen LogP contribution is -2.44. The van der Waals surface area contributed by atoms with E-state index in [9.17, 15) is 0 Å². The van der Waals surface area contributed by atoms with Gasteiger partial charge in [0.15, 0.2) is 0 Å². The minimum absolute atomic E-state index is 0.325. The van der Waals surface area contributed by atoms with Gasteiger partial charge in [-0.2, -0.15) is 5.10 Å². The van der Waals surface area contributed by atoms with Gasteiger partial charge in [-0.15, -0.1) is 0 Å². The van der Waals surface area contributed by atoms with Gasteiger partial charge in [0.2, 0.25) is 0 Å². The summed E-state index contributed by atoms with van der Waals surface area (Å²) in [4.78, 5) is 4.29. The Kier molecular flexibility index (Phi) is 4.72. The molecule has 0 saturated heterocycles. The van der Waals surface area contributed by atoms with Crippen molar-refractivity contribution >= 4 is 0 Å². The Morgan fingerprint density at radius 3 is 2.67 bits per heavy atom. The van der Waals surface area contributed by atoms with Gasteiger partial charge < -0.3 is 0 Å². The Hall–Kier alpha value is -0.940. The Bertz CT molecular complexity index is 354. The van der Waals surface area contributed by atoms with Crippen molar-refractivity contribution in [3.8, 4) is 0 Å². The molecule has 0 radical (unpaired) electrons. The monoisotopic (exact) mass is 251 g/mol. The first-order valence-electron chi connectivity index (χ1n) is 7.03. The van der Waals surface area contributed by atoms with Crippen molar-refractivity contribution in [1.29, 1.82) is 0 Å². The normalized spacial score (nSPS) is 26.2. The molecule has 1 aliphatic rings. The molecule has 5 heteroatoms. The van der Waals surface area contributed by atoms with Gasteiger partial charge in [-0.1, -0.05) is 26.2 Å². The predicted octanol–water partition coefficient (Wildman–Crippen LogP) is 1.41. The number of hydrogen-bond acceptors (Lipinski definition) is 4. The van der Waals surface area contributed by atoms with Gasteiger partial charge in [0.05, 0.1) is 0 Å². The first-order valence-corrected chi connectivity index (χ1v) is 7.03. The van der Waals surface area contributed by atoms with Crippen LogP contribution in [0.2, 0.25) is 0 Å². The topological polar surface area (TPSA) is 68.8 Å². The van der Waals surface area contributed by atoms with Crippen molar-refractivity contribution in [2.45, 2.75) is 51.5 Å². The SMILES string of the molecule is CCC1CCC(C(Cc2ncnn2C)NN)CC1. The second-order valence-electron chi connectivity index (χ2n) is 5.47. The molecule has 1 aromatic heterocycles. The molecule has 0 aromatic carbocycles. The molecule has 102 valence electrons. The molecule has 1 aliphatic carbocycles. The highest BCUT2D eigenvalue weighted by atomic mass is 15.3. The van der Waals surface area contributed by atoms with Crippen molar-refractivity contribution in [3.63, 3.8) is 0 Å². The van der Waals surface area contributed by atoms with E-state index in [0.29, 0.717) is 12.0 Å². The highest BCUT2D eigenvalue weighted by Crippen LogP contribution is 2.32. The molecule has 1 atom stereocenters. The second kappa shape index (κ2) is 6.29. The van der Waals surface area contributed by atoms with Crippen LogP contribution in [0.15, 0.2) is 6.33 Å². The Labute approximate surface area is 109 Å². The van der Waals surface area contributed by atoms with Crippen molar-refractivity contribution in [1.82, 2.24) is 20.2 Å². The summed E-state index contributed by atoms with van der Waals surface area (Å²) in [5.74, 6) is 8.34. The third kappa shape index (κ3) is 3.09. The highest BCUT2D eigenvalue weighted by molar-refractivity contribution is 4.92. The summed E-state index contributed by atoms with van der Waals surface area (Å²) < 4.78 is 1.84. The molecule has 5 nitrogen and oxygen atoms in total. The van der Waals surface area contributed by atoms with Gasteiger partial charge in [-0.05, 0) is 24.7 Å². The van der Waals surface area contributed by atoms with E-state index in [2.05, 4.69) is 22.4 Å². The lowest BCUT2D eigenvalue weighted by atomic mass is 9.77. The quantitative estimate of drug-likeness (QED) is 0.613. The molecule has 1 fully saturated rings. The Morgan fingerprint density at radius 2 is 2.17 bits per heavy atom. The van der Waals surface area contributed by atoms with Crippen LogP contribution in [-0.4, -0.2) is 20.8 Å². The summed E-state index contributed by atoms with van der Waals surface area (Å²) in [5.41, 5.74) is 2.99. The third-order valence-electron chi connectivity index (χ3n) is 4.46. The molecule has 0 spiro atoms. The van der Waals surface area contributed by atoms with Gasteiger partial charge in [-0.3, -0.25) is 16.0 Å². The van der Waals surface area contributed by atoms with E-state index in [0.717, 1.165) is 18.2 Å². The highest BCUT2D eigenvalue weighted by Gasteiger charge is 2.27. The van der Waals surface area contributed by atoms with E-state index in [-0.39, 0.29) is 0 Å². The zero-order valence-electron chi connectivity index (χ0n) is 11.5. The smallest absolute Gasteiger partial charge is 0.138 e. The summed E-state index contributed by atoms with van der Waals surface area (Å²) in [6.45, 7) is 2.29. The summed E-state index contributed by atoms with van der Waals surface area (Å²) in [6.07, 6.45) is 9.05. The van der Waals surface area contributed by atoms with Gasteiger partial charge in [-0.25, -0.2) is 4.98 Å². The second-order valence-corrected chi connectivity index (χ2v) is 5.47. The molecule has 2 rings (SSSR count). The lowest BCUT2D eigenvalue weighted by molar-refractivity contribution is 0.215. The average molecular weight is 251 g/mol. The predicted molar refractivity (Wildman–Crippen MR) is 71.6 cm³/mol. The molecule has 1 unspecified atom stereocenters. The molecule has 1 heterocycles. The summed E-state index contributed by atoms with van der Waals surface area (Å²) in [5, 5.41) is 4.11. The number of hydrazine groups is 1. The van der Waals surface area contributed by atoms with E-state index in [1.807, 2.05) is 11.7 Å². The van der Waals surface area contributed by atoms with E-state index < -0.39 is 0 Å².